The Hall–Kier alpha value is -3.69. The first-order chi connectivity index (χ1) is 18.7. The third-order valence-corrected chi connectivity index (χ3v) is 7.50. The summed E-state index contributed by atoms with van der Waals surface area (Å²) in [6.45, 7) is 8.40. The van der Waals surface area contributed by atoms with Crippen LogP contribution < -0.4 is 20.9 Å². The molecule has 0 saturated heterocycles. The molecule has 9 heteroatoms. The molecule has 40 heavy (non-hydrogen) atoms. The van der Waals surface area contributed by atoms with Crippen LogP contribution in [0.4, 0.5) is 4.39 Å². The van der Waals surface area contributed by atoms with Crippen LogP contribution in [-0.4, -0.2) is 32.7 Å². The monoisotopic (exact) mass is 551 g/mol. The van der Waals surface area contributed by atoms with Gasteiger partial charge in [-0.1, -0.05) is 6.07 Å². The fourth-order valence-electron chi connectivity index (χ4n) is 5.17. The normalized spacial score (nSPS) is 17.4. The Morgan fingerprint density at radius 2 is 1.68 bits per heavy atom. The number of carbonyl (C=O) groups is 1. The Morgan fingerprint density at radius 1 is 1.05 bits per heavy atom. The number of pyridine rings is 1. The number of hydrazine groups is 1. The van der Waals surface area contributed by atoms with Crippen LogP contribution in [0.25, 0.3) is 11.1 Å². The molecule has 8 nitrogen and oxygen atoms in total. The smallest absolute Gasteiger partial charge is 0.254 e. The number of rotatable bonds is 7. The van der Waals surface area contributed by atoms with Crippen molar-refractivity contribution in [2.24, 2.45) is 12.9 Å². The number of nitrogens with zero attached hydrogens (tertiary/aromatic N) is 2. The summed E-state index contributed by atoms with van der Waals surface area (Å²) < 4.78 is 28.3. The number of aliphatic hydroxyl groups is 1. The molecule has 0 aliphatic heterocycles. The number of halogens is 1. The van der Waals surface area contributed by atoms with E-state index < -0.39 is 5.60 Å². The van der Waals surface area contributed by atoms with Crippen LogP contribution in [-0.2, 0) is 17.4 Å². The molecule has 3 N–H and O–H groups in total. The van der Waals surface area contributed by atoms with Gasteiger partial charge in [0.15, 0.2) is 0 Å². The zero-order chi connectivity index (χ0) is 29.4. The number of carbonyl (C=O) groups excluding carboxylic acids is 1. The largest absolute Gasteiger partial charge is 0.490 e. The van der Waals surface area contributed by atoms with Crippen LogP contribution in [0.3, 0.4) is 0 Å². The van der Waals surface area contributed by atoms with E-state index in [0.717, 1.165) is 0 Å². The van der Waals surface area contributed by atoms with Gasteiger partial charge in [0, 0.05) is 43.4 Å². The van der Waals surface area contributed by atoms with Crippen molar-refractivity contribution in [3.8, 4) is 28.4 Å². The van der Waals surface area contributed by atoms with Crippen molar-refractivity contribution in [2.45, 2.75) is 78.0 Å². The lowest BCUT2D eigenvalue weighted by Gasteiger charge is -2.34. The van der Waals surface area contributed by atoms with Gasteiger partial charge in [-0.15, -0.1) is 0 Å². The summed E-state index contributed by atoms with van der Waals surface area (Å²) in [6.07, 6.45) is 4.23. The van der Waals surface area contributed by atoms with Crippen molar-refractivity contribution in [3.05, 3.63) is 75.5 Å². The van der Waals surface area contributed by atoms with Crippen molar-refractivity contribution in [3.63, 3.8) is 0 Å². The molecule has 1 saturated carbocycles. The maximum Gasteiger partial charge on any atom is 0.254 e. The minimum Gasteiger partial charge on any atom is -0.490 e. The van der Waals surface area contributed by atoms with E-state index in [0.29, 0.717) is 70.7 Å². The number of amides is 1. The maximum absolute atomic E-state index is 14.0. The second-order valence-corrected chi connectivity index (χ2v) is 11.2. The minimum absolute atomic E-state index is 0.0499. The molecular formula is C31H38FN3O5. The number of ether oxygens (including phenoxy) is 2. The second-order valence-electron chi connectivity index (χ2n) is 11.2. The van der Waals surface area contributed by atoms with Crippen LogP contribution in [0.1, 0.15) is 63.1 Å². The number of benzene rings is 2. The van der Waals surface area contributed by atoms with Crippen molar-refractivity contribution in [1.82, 2.24) is 9.58 Å². The highest BCUT2D eigenvalue weighted by Crippen LogP contribution is 2.42. The van der Waals surface area contributed by atoms with Gasteiger partial charge >= 0.3 is 0 Å². The molecule has 1 amide bonds. The van der Waals surface area contributed by atoms with Crippen LogP contribution in [0, 0.1) is 19.7 Å². The summed E-state index contributed by atoms with van der Waals surface area (Å²) in [5.41, 5.74) is 1.79. The van der Waals surface area contributed by atoms with E-state index in [-0.39, 0.29) is 29.4 Å². The summed E-state index contributed by atoms with van der Waals surface area (Å²) in [5, 5.41) is 12.1. The van der Waals surface area contributed by atoms with E-state index in [1.54, 1.807) is 53.1 Å². The van der Waals surface area contributed by atoms with E-state index >= 15 is 0 Å². The van der Waals surface area contributed by atoms with E-state index in [9.17, 15) is 19.1 Å². The highest BCUT2D eigenvalue weighted by Gasteiger charge is 2.28. The lowest BCUT2D eigenvalue weighted by Crippen LogP contribution is -2.47. The lowest BCUT2D eigenvalue weighted by molar-refractivity contribution is -0.132. The molecule has 1 aliphatic rings. The van der Waals surface area contributed by atoms with E-state index in [2.05, 4.69) is 0 Å². The topological polar surface area (TPSA) is 107 Å². The third-order valence-electron chi connectivity index (χ3n) is 7.50. The second kappa shape index (κ2) is 11.4. The molecular weight excluding hydrogens is 513 g/mol. The number of aromatic nitrogens is 1. The van der Waals surface area contributed by atoms with E-state index in [1.807, 2.05) is 6.07 Å². The molecule has 1 aliphatic carbocycles. The van der Waals surface area contributed by atoms with Crippen molar-refractivity contribution in [1.29, 1.82) is 0 Å². The summed E-state index contributed by atoms with van der Waals surface area (Å²) >= 11 is 0. The molecule has 0 bridgehead atoms. The Morgan fingerprint density at radius 3 is 2.25 bits per heavy atom. The SMILES string of the molecule is CC(=O)N(N)[C@H]1CC[C@H](Oc2cc(=O)n(C)cc2-c2cc(C(C)(C)O)ccc2Oc2c(C)cc(F)cc2C)CC1. The summed E-state index contributed by atoms with van der Waals surface area (Å²) in [7, 11) is 1.66. The summed E-state index contributed by atoms with van der Waals surface area (Å²) in [5.74, 6) is 6.80. The molecule has 3 aromatic rings. The van der Waals surface area contributed by atoms with Gasteiger partial charge in [-0.3, -0.25) is 14.6 Å². The van der Waals surface area contributed by atoms with Crippen molar-refractivity contribution >= 4 is 5.91 Å². The molecule has 0 unspecified atom stereocenters. The molecule has 4 rings (SSSR count). The van der Waals surface area contributed by atoms with Gasteiger partial charge in [-0.2, -0.15) is 0 Å². The number of hydrogen-bond donors (Lipinski definition) is 2. The molecule has 1 aromatic heterocycles. The standard InChI is InChI=1S/C31H38FN3O5/c1-18-13-22(32)14-19(2)30(18)40-27-12-7-21(31(4,5)38)15-25(27)26-17-34(6)29(37)16-28(26)39-24-10-8-23(9-11-24)35(33)20(3)36/h7,12-17,23-24,38H,8-11,33H2,1-6H3/t23-,24-. The van der Waals surface area contributed by atoms with Gasteiger partial charge in [-0.25, -0.2) is 10.2 Å². The van der Waals surface area contributed by atoms with Gasteiger partial charge in [-0.05, 0) is 94.3 Å². The third kappa shape index (κ3) is 6.37. The first kappa shape index (κ1) is 29.3. The highest BCUT2D eigenvalue weighted by atomic mass is 19.1. The Balaban J connectivity index is 1.76. The average Bonchev–Trinajstić information content (AvgIpc) is 2.87. The number of aryl methyl sites for hydroxylation is 3. The minimum atomic E-state index is -1.14. The van der Waals surface area contributed by atoms with Gasteiger partial charge in [0.1, 0.15) is 23.1 Å². The molecule has 0 radical (unpaired) electrons. The lowest BCUT2D eigenvalue weighted by atomic mass is 9.92. The molecule has 0 spiro atoms. The molecule has 0 atom stereocenters. The molecule has 2 aromatic carbocycles. The van der Waals surface area contributed by atoms with E-state index in [1.165, 1.54) is 34.7 Å². The van der Waals surface area contributed by atoms with E-state index in [4.69, 9.17) is 15.3 Å². The van der Waals surface area contributed by atoms with Gasteiger partial charge in [0.05, 0.1) is 11.7 Å². The fourth-order valence-corrected chi connectivity index (χ4v) is 5.17. The average molecular weight is 552 g/mol. The first-order valence-electron chi connectivity index (χ1n) is 13.5. The fraction of sp³-hybridized carbons (Fsp3) is 0.419. The van der Waals surface area contributed by atoms with Crippen LogP contribution in [0.2, 0.25) is 0 Å². The zero-order valence-electron chi connectivity index (χ0n) is 24.0. The van der Waals surface area contributed by atoms with Crippen LogP contribution in [0.15, 0.2) is 47.4 Å². The molecule has 214 valence electrons. The molecule has 1 heterocycles. The van der Waals surface area contributed by atoms with Gasteiger partial charge in [0.25, 0.3) is 5.56 Å². The number of hydrogen-bond acceptors (Lipinski definition) is 6. The Labute approximate surface area is 234 Å². The Kier molecular flexibility index (Phi) is 8.37. The van der Waals surface area contributed by atoms with Crippen LogP contribution >= 0.6 is 0 Å². The summed E-state index contributed by atoms with van der Waals surface area (Å²) in [4.78, 5) is 24.4. The highest BCUT2D eigenvalue weighted by molar-refractivity contribution is 5.76. The predicted octanol–water partition coefficient (Wildman–Crippen LogP) is 5.24. The van der Waals surface area contributed by atoms with Crippen LogP contribution in [0.5, 0.6) is 17.2 Å². The van der Waals surface area contributed by atoms with Gasteiger partial charge < -0.3 is 19.1 Å². The number of nitrogens with two attached hydrogens (primary N) is 1. The van der Waals surface area contributed by atoms with Crippen molar-refractivity contribution in [2.75, 3.05) is 0 Å². The predicted molar refractivity (Wildman–Crippen MR) is 152 cm³/mol. The Bertz CT molecular complexity index is 1450. The quantitative estimate of drug-likeness (QED) is 0.236. The van der Waals surface area contributed by atoms with Crippen molar-refractivity contribution < 1.29 is 23.8 Å². The summed E-state index contributed by atoms with van der Waals surface area (Å²) in [6, 6.07) is 9.61. The molecule has 1 fully saturated rings. The maximum atomic E-state index is 14.0. The van der Waals surface area contributed by atoms with Gasteiger partial charge in [0.2, 0.25) is 5.91 Å². The first-order valence-corrected chi connectivity index (χ1v) is 13.5. The zero-order valence-corrected chi connectivity index (χ0v) is 24.0.